The highest BCUT2D eigenvalue weighted by atomic mass is 28.3. The Morgan fingerprint density at radius 3 is 2.19 bits per heavy atom. The molecule has 2 aliphatic heterocycles. The molecule has 2 nitrogen and oxygen atoms in total. The van der Waals surface area contributed by atoms with E-state index in [0.29, 0.717) is 12.1 Å². The quantitative estimate of drug-likeness (QED) is 0.726. The fourth-order valence-corrected chi connectivity index (χ4v) is 4.88. The minimum atomic E-state index is -1.44. The van der Waals surface area contributed by atoms with Crippen LogP contribution in [0, 0.1) is 0 Å². The molecule has 2 saturated heterocycles. The van der Waals surface area contributed by atoms with Crippen molar-refractivity contribution in [3.63, 3.8) is 0 Å². The molecular weight excluding hydrogens is 214 g/mol. The molecule has 0 saturated carbocycles. The molecule has 0 aromatic rings. The molecule has 16 heavy (non-hydrogen) atoms. The van der Waals surface area contributed by atoms with Gasteiger partial charge < -0.3 is 10.4 Å². The highest BCUT2D eigenvalue weighted by Crippen LogP contribution is 2.39. The molecule has 2 aliphatic rings. The van der Waals surface area contributed by atoms with E-state index in [4.69, 9.17) is 0 Å². The molecule has 0 aromatic carbocycles. The zero-order chi connectivity index (χ0) is 12.0. The lowest BCUT2D eigenvalue weighted by atomic mass is 9.77. The van der Waals surface area contributed by atoms with E-state index in [-0.39, 0.29) is 0 Å². The van der Waals surface area contributed by atoms with Gasteiger partial charge in [0.1, 0.15) is 0 Å². The van der Waals surface area contributed by atoms with Crippen molar-refractivity contribution < 1.29 is 5.11 Å². The first-order valence-electron chi connectivity index (χ1n) is 6.49. The summed E-state index contributed by atoms with van der Waals surface area (Å²) in [6.45, 7) is 11.1. The minimum Gasteiger partial charge on any atom is -0.386 e. The van der Waals surface area contributed by atoms with Gasteiger partial charge in [0.15, 0.2) is 0 Å². The van der Waals surface area contributed by atoms with Crippen molar-refractivity contribution in [2.75, 3.05) is 0 Å². The van der Waals surface area contributed by atoms with E-state index in [1.807, 2.05) is 0 Å². The van der Waals surface area contributed by atoms with Gasteiger partial charge in [0.05, 0.1) is 13.7 Å². The average molecular weight is 239 g/mol. The third-order valence-corrected chi connectivity index (χ3v) is 6.49. The molecule has 2 fully saturated rings. The first-order chi connectivity index (χ1) is 7.31. The summed E-state index contributed by atoms with van der Waals surface area (Å²) in [5.41, 5.74) is -0.578. The van der Waals surface area contributed by atoms with Crippen LogP contribution in [0.2, 0.25) is 19.6 Å². The Bertz CT molecular complexity index is 283. The van der Waals surface area contributed by atoms with E-state index in [1.165, 1.54) is 19.3 Å². The highest BCUT2D eigenvalue weighted by Gasteiger charge is 2.45. The van der Waals surface area contributed by atoms with Crippen LogP contribution in [-0.4, -0.2) is 30.9 Å². The van der Waals surface area contributed by atoms with Crippen LogP contribution in [0.1, 0.15) is 32.1 Å². The Balaban J connectivity index is 2.16. The summed E-state index contributed by atoms with van der Waals surface area (Å²) >= 11 is 0. The molecule has 92 valence electrons. The second-order valence-electron chi connectivity index (χ2n) is 6.66. The topological polar surface area (TPSA) is 32.3 Å². The van der Waals surface area contributed by atoms with E-state index in [9.17, 15) is 5.11 Å². The van der Waals surface area contributed by atoms with Crippen molar-refractivity contribution in [1.29, 1.82) is 0 Å². The van der Waals surface area contributed by atoms with Gasteiger partial charge in [-0.05, 0) is 25.7 Å². The summed E-state index contributed by atoms with van der Waals surface area (Å²) in [7, 11) is -1.44. The number of hydrogen-bond acceptors (Lipinski definition) is 2. The number of aliphatic hydroxyl groups is 1. The number of piperidine rings is 2. The second-order valence-corrected chi connectivity index (χ2v) is 11.8. The molecule has 2 rings (SSSR count). The molecule has 2 heterocycles. The Kier molecular flexibility index (Phi) is 3.06. The molecule has 2 atom stereocenters. The average Bonchev–Trinajstić information content (AvgIpc) is 2.14. The van der Waals surface area contributed by atoms with E-state index in [2.05, 4.69) is 31.5 Å². The zero-order valence-corrected chi connectivity index (χ0v) is 11.8. The van der Waals surface area contributed by atoms with Crippen molar-refractivity contribution in [3.8, 4) is 0 Å². The predicted molar refractivity (Wildman–Crippen MR) is 71.2 cm³/mol. The zero-order valence-electron chi connectivity index (χ0n) is 10.8. The van der Waals surface area contributed by atoms with E-state index in [1.54, 1.807) is 0 Å². The standard InChI is InChI=1S/C13H25NOSi/c1-10(16(2,3)4)13(15)8-11-6-5-7-12(9-13)14-11/h11-12,14-15H,1,5-9H2,2-4H3. The molecule has 0 aliphatic carbocycles. The fourth-order valence-electron chi connectivity index (χ4n) is 3.28. The molecule has 0 spiro atoms. The number of nitrogens with one attached hydrogen (secondary N) is 1. The van der Waals surface area contributed by atoms with Crippen molar-refractivity contribution >= 4 is 8.07 Å². The number of hydrogen-bond donors (Lipinski definition) is 2. The Hall–Kier alpha value is -0.123. The second kappa shape index (κ2) is 3.97. The van der Waals surface area contributed by atoms with E-state index < -0.39 is 13.7 Å². The Labute approximate surface area is 100 Å². The monoisotopic (exact) mass is 239 g/mol. The predicted octanol–water partition coefficient (Wildman–Crippen LogP) is 2.46. The fraction of sp³-hybridized carbons (Fsp3) is 0.846. The molecular formula is C13H25NOSi. The van der Waals surface area contributed by atoms with Crippen LogP contribution in [0.5, 0.6) is 0 Å². The number of rotatable bonds is 2. The van der Waals surface area contributed by atoms with Gasteiger partial charge in [-0.3, -0.25) is 0 Å². The third kappa shape index (κ3) is 2.26. The molecule has 2 unspecified atom stereocenters. The van der Waals surface area contributed by atoms with Crippen LogP contribution in [0.3, 0.4) is 0 Å². The minimum absolute atomic E-state index is 0.519. The third-order valence-electron chi connectivity index (χ3n) is 4.21. The van der Waals surface area contributed by atoms with Crippen LogP contribution in [0.15, 0.2) is 11.8 Å². The maximum absolute atomic E-state index is 10.9. The summed E-state index contributed by atoms with van der Waals surface area (Å²) in [5.74, 6) is 0. The maximum Gasteiger partial charge on any atom is 0.0849 e. The van der Waals surface area contributed by atoms with Gasteiger partial charge in [-0.15, -0.1) is 6.58 Å². The molecule has 0 amide bonds. The van der Waals surface area contributed by atoms with E-state index >= 15 is 0 Å². The first kappa shape index (κ1) is 12.3. The number of fused-ring (bicyclic) bond motifs is 2. The summed E-state index contributed by atoms with van der Waals surface area (Å²) in [5, 5.41) is 15.7. The van der Waals surface area contributed by atoms with Crippen LogP contribution in [0.25, 0.3) is 0 Å². The molecule has 2 N–H and O–H groups in total. The maximum atomic E-state index is 10.9. The normalized spacial score (nSPS) is 39.5. The van der Waals surface area contributed by atoms with Crippen LogP contribution >= 0.6 is 0 Å². The van der Waals surface area contributed by atoms with Crippen LogP contribution in [-0.2, 0) is 0 Å². The van der Waals surface area contributed by atoms with Crippen molar-refractivity contribution in [3.05, 3.63) is 11.8 Å². The summed E-state index contributed by atoms with van der Waals surface area (Å²) in [4.78, 5) is 0. The van der Waals surface area contributed by atoms with E-state index in [0.717, 1.165) is 18.0 Å². The SMILES string of the molecule is C=C(C1(O)CC2CCCC(C1)N2)[Si](C)(C)C. The van der Waals surface area contributed by atoms with Gasteiger partial charge in [0, 0.05) is 12.1 Å². The van der Waals surface area contributed by atoms with Gasteiger partial charge in [0.2, 0.25) is 0 Å². The molecule has 0 aromatic heterocycles. The molecule has 0 radical (unpaired) electrons. The van der Waals surface area contributed by atoms with Gasteiger partial charge in [-0.25, -0.2) is 0 Å². The Morgan fingerprint density at radius 1 is 1.25 bits per heavy atom. The lowest BCUT2D eigenvalue weighted by molar-refractivity contribution is 0.00483. The summed E-state index contributed by atoms with van der Waals surface area (Å²) in [6.07, 6.45) is 5.52. The van der Waals surface area contributed by atoms with Gasteiger partial charge >= 0.3 is 0 Å². The van der Waals surface area contributed by atoms with Crippen molar-refractivity contribution in [2.24, 2.45) is 0 Å². The molecule has 3 heteroatoms. The van der Waals surface area contributed by atoms with Gasteiger partial charge in [-0.2, -0.15) is 0 Å². The largest absolute Gasteiger partial charge is 0.386 e. The smallest absolute Gasteiger partial charge is 0.0849 e. The lowest BCUT2D eigenvalue weighted by Gasteiger charge is -2.48. The van der Waals surface area contributed by atoms with Gasteiger partial charge in [-0.1, -0.05) is 31.3 Å². The first-order valence-corrected chi connectivity index (χ1v) is 9.99. The summed E-state index contributed by atoms with van der Waals surface area (Å²) in [6, 6.07) is 1.04. The van der Waals surface area contributed by atoms with Crippen LogP contribution < -0.4 is 5.32 Å². The lowest BCUT2D eigenvalue weighted by Crippen LogP contribution is -2.58. The summed E-state index contributed by atoms with van der Waals surface area (Å²) < 4.78 is 0. The van der Waals surface area contributed by atoms with Crippen molar-refractivity contribution in [1.82, 2.24) is 5.32 Å². The van der Waals surface area contributed by atoms with Crippen molar-refractivity contribution in [2.45, 2.75) is 69.4 Å². The van der Waals surface area contributed by atoms with Crippen LogP contribution in [0.4, 0.5) is 0 Å². The van der Waals surface area contributed by atoms with Gasteiger partial charge in [0.25, 0.3) is 0 Å². The molecule has 2 bridgehead atoms. The highest BCUT2D eigenvalue weighted by molar-refractivity contribution is 6.83. The Morgan fingerprint density at radius 2 is 1.75 bits per heavy atom.